The van der Waals surface area contributed by atoms with Gasteiger partial charge in [0.15, 0.2) is 0 Å². The normalized spacial score (nSPS) is 21.0. The third-order valence-electron chi connectivity index (χ3n) is 2.96. The van der Waals surface area contributed by atoms with Crippen LogP contribution in [0.5, 0.6) is 0 Å². The lowest BCUT2D eigenvalue weighted by molar-refractivity contribution is -0.131. The highest BCUT2D eigenvalue weighted by molar-refractivity contribution is 5.79. The number of carboxylic acid groups (broad SMARTS) is 1. The van der Waals surface area contributed by atoms with Crippen molar-refractivity contribution in [3.8, 4) is 0 Å². The number of hydrogen-bond acceptors (Lipinski definition) is 1. The van der Waals surface area contributed by atoms with Crippen LogP contribution in [0.1, 0.15) is 39.0 Å². The highest BCUT2D eigenvalue weighted by Crippen LogP contribution is 2.33. The number of allylic oxidation sites excluding steroid dienone is 1. The van der Waals surface area contributed by atoms with Crippen LogP contribution in [0.25, 0.3) is 0 Å². The molecular formula is C11H18O2. The van der Waals surface area contributed by atoms with E-state index in [1.807, 2.05) is 6.08 Å². The van der Waals surface area contributed by atoms with Crippen molar-refractivity contribution in [2.45, 2.75) is 39.0 Å². The van der Waals surface area contributed by atoms with Gasteiger partial charge in [0.1, 0.15) is 0 Å². The highest BCUT2D eigenvalue weighted by Gasteiger charge is 2.21. The predicted molar refractivity (Wildman–Crippen MR) is 52.5 cm³/mol. The van der Waals surface area contributed by atoms with Gasteiger partial charge >= 0.3 is 5.97 Å². The lowest BCUT2D eigenvalue weighted by Gasteiger charge is -2.17. The minimum absolute atomic E-state index is 0.485. The van der Waals surface area contributed by atoms with Gasteiger partial charge in [0, 0.05) is 6.08 Å². The minimum atomic E-state index is -0.823. The van der Waals surface area contributed by atoms with Crippen molar-refractivity contribution in [3.05, 3.63) is 12.2 Å². The molecule has 0 aromatic carbocycles. The summed E-state index contributed by atoms with van der Waals surface area (Å²) >= 11 is 0. The summed E-state index contributed by atoms with van der Waals surface area (Å²) in [4.78, 5) is 10.3. The maximum atomic E-state index is 10.3. The van der Waals surface area contributed by atoms with Crippen LogP contribution in [-0.2, 0) is 4.79 Å². The van der Waals surface area contributed by atoms with Crippen molar-refractivity contribution < 1.29 is 9.90 Å². The second-order valence-electron chi connectivity index (χ2n) is 3.81. The van der Waals surface area contributed by atoms with Crippen LogP contribution in [-0.4, -0.2) is 11.1 Å². The lowest BCUT2D eigenvalue weighted by atomic mass is 9.88. The Kier molecular flexibility index (Phi) is 4.00. The van der Waals surface area contributed by atoms with Gasteiger partial charge in [0.05, 0.1) is 0 Å². The molecule has 0 radical (unpaired) electrons. The highest BCUT2D eigenvalue weighted by atomic mass is 16.4. The summed E-state index contributed by atoms with van der Waals surface area (Å²) in [5, 5.41) is 8.51. The monoisotopic (exact) mass is 182 g/mol. The van der Waals surface area contributed by atoms with Gasteiger partial charge in [0.2, 0.25) is 0 Å². The first kappa shape index (κ1) is 10.3. The Hall–Kier alpha value is -0.790. The number of hydrogen-bond donors (Lipinski definition) is 1. The van der Waals surface area contributed by atoms with Gasteiger partial charge in [-0.3, -0.25) is 0 Å². The Morgan fingerprint density at radius 3 is 2.62 bits per heavy atom. The Morgan fingerprint density at radius 2 is 2.15 bits per heavy atom. The average Bonchev–Trinajstić information content (AvgIpc) is 2.58. The zero-order valence-electron chi connectivity index (χ0n) is 8.20. The standard InChI is InChI=1S/C11H18O2/c1-2-9(7-8-11(12)13)10-5-3-4-6-10/h7-10H,2-6H2,1H3,(H,12,13). The van der Waals surface area contributed by atoms with Crippen molar-refractivity contribution in [3.63, 3.8) is 0 Å². The summed E-state index contributed by atoms with van der Waals surface area (Å²) in [6.07, 6.45) is 9.44. The SMILES string of the molecule is CCC(C=CC(=O)O)C1CCCC1. The van der Waals surface area contributed by atoms with Gasteiger partial charge in [-0.25, -0.2) is 4.79 Å². The summed E-state index contributed by atoms with van der Waals surface area (Å²) < 4.78 is 0. The Bertz CT molecular complexity index is 190. The topological polar surface area (TPSA) is 37.3 Å². The first-order valence-electron chi connectivity index (χ1n) is 5.15. The van der Waals surface area contributed by atoms with Crippen molar-refractivity contribution in [1.29, 1.82) is 0 Å². The van der Waals surface area contributed by atoms with E-state index in [-0.39, 0.29) is 0 Å². The number of aliphatic carboxylic acids is 1. The van der Waals surface area contributed by atoms with Crippen LogP contribution in [0.2, 0.25) is 0 Å². The third-order valence-corrected chi connectivity index (χ3v) is 2.96. The minimum Gasteiger partial charge on any atom is -0.478 e. The predicted octanol–water partition coefficient (Wildman–Crippen LogP) is 2.84. The summed E-state index contributed by atoms with van der Waals surface area (Å²) in [6, 6.07) is 0. The van der Waals surface area contributed by atoms with E-state index in [0.717, 1.165) is 12.3 Å². The molecule has 74 valence electrons. The zero-order valence-corrected chi connectivity index (χ0v) is 8.20. The molecule has 1 atom stereocenters. The lowest BCUT2D eigenvalue weighted by Crippen LogP contribution is -2.08. The molecule has 13 heavy (non-hydrogen) atoms. The molecule has 1 aliphatic rings. The second kappa shape index (κ2) is 5.05. The van der Waals surface area contributed by atoms with Gasteiger partial charge in [-0.1, -0.05) is 25.8 Å². The molecule has 0 heterocycles. The van der Waals surface area contributed by atoms with Crippen LogP contribution >= 0.6 is 0 Å². The molecule has 0 aromatic rings. The molecule has 0 saturated heterocycles. The fraction of sp³-hybridized carbons (Fsp3) is 0.727. The molecule has 0 amide bonds. The fourth-order valence-corrected chi connectivity index (χ4v) is 2.22. The van der Waals surface area contributed by atoms with E-state index in [4.69, 9.17) is 5.11 Å². The molecular weight excluding hydrogens is 164 g/mol. The quantitative estimate of drug-likeness (QED) is 0.679. The van der Waals surface area contributed by atoms with Crippen LogP contribution in [0, 0.1) is 11.8 Å². The molecule has 0 bridgehead atoms. The zero-order chi connectivity index (χ0) is 9.68. The molecule has 1 aliphatic carbocycles. The Morgan fingerprint density at radius 1 is 1.54 bits per heavy atom. The van der Waals surface area contributed by atoms with Gasteiger partial charge in [-0.15, -0.1) is 0 Å². The third kappa shape index (κ3) is 3.21. The van der Waals surface area contributed by atoms with Crippen LogP contribution in [0.15, 0.2) is 12.2 Å². The average molecular weight is 182 g/mol. The van der Waals surface area contributed by atoms with Gasteiger partial charge in [0.25, 0.3) is 0 Å². The molecule has 0 aliphatic heterocycles. The Balaban J connectivity index is 2.46. The smallest absolute Gasteiger partial charge is 0.327 e. The second-order valence-corrected chi connectivity index (χ2v) is 3.81. The van der Waals surface area contributed by atoms with Crippen molar-refractivity contribution in [1.82, 2.24) is 0 Å². The van der Waals surface area contributed by atoms with Gasteiger partial charge in [-0.2, -0.15) is 0 Å². The van der Waals surface area contributed by atoms with Crippen LogP contribution in [0.3, 0.4) is 0 Å². The van der Waals surface area contributed by atoms with Gasteiger partial charge in [-0.05, 0) is 31.1 Å². The van der Waals surface area contributed by atoms with Crippen molar-refractivity contribution in [2.75, 3.05) is 0 Å². The molecule has 1 rings (SSSR count). The molecule has 1 fully saturated rings. The molecule has 0 spiro atoms. The largest absolute Gasteiger partial charge is 0.478 e. The van der Waals surface area contributed by atoms with E-state index in [1.165, 1.54) is 31.8 Å². The van der Waals surface area contributed by atoms with E-state index < -0.39 is 5.97 Å². The van der Waals surface area contributed by atoms with E-state index in [0.29, 0.717) is 5.92 Å². The van der Waals surface area contributed by atoms with E-state index in [9.17, 15) is 4.79 Å². The summed E-state index contributed by atoms with van der Waals surface area (Å²) in [5.74, 6) is 0.399. The number of carboxylic acids is 1. The molecule has 2 heteroatoms. The van der Waals surface area contributed by atoms with Crippen molar-refractivity contribution >= 4 is 5.97 Å². The maximum Gasteiger partial charge on any atom is 0.327 e. The van der Waals surface area contributed by atoms with E-state index in [2.05, 4.69) is 6.92 Å². The number of rotatable bonds is 4. The molecule has 0 aromatic heterocycles. The van der Waals surface area contributed by atoms with Crippen LogP contribution in [0.4, 0.5) is 0 Å². The first-order chi connectivity index (χ1) is 6.24. The maximum absolute atomic E-state index is 10.3. The van der Waals surface area contributed by atoms with Crippen LogP contribution < -0.4 is 0 Å². The first-order valence-corrected chi connectivity index (χ1v) is 5.15. The molecule has 1 saturated carbocycles. The van der Waals surface area contributed by atoms with Crippen molar-refractivity contribution in [2.24, 2.45) is 11.8 Å². The molecule has 1 unspecified atom stereocenters. The summed E-state index contributed by atoms with van der Waals surface area (Å²) in [7, 11) is 0. The van der Waals surface area contributed by atoms with E-state index >= 15 is 0 Å². The summed E-state index contributed by atoms with van der Waals surface area (Å²) in [5.41, 5.74) is 0. The Labute approximate surface area is 79.6 Å². The van der Waals surface area contributed by atoms with Gasteiger partial charge < -0.3 is 5.11 Å². The summed E-state index contributed by atoms with van der Waals surface area (Å²) in [6.45, 7) is 2.13. The van der Waals surface area contributed by atoms with E-state index in [1.54, 1.807) is 0 Å². The molecule has 1 N–H and O–H groups in total. The molecule has 2 nitrogen and oxygen atoms in total. The number of carbonyl (C=O) groups is 1. The fourth-order valence-electron chi connectivity index (χ4n) is 2.22.